The molecule has 0 spiro atoms. The summed E-state index contributed by atoms with van der Waals surface area (Å²) >= 11 is 0. The van der Waals surface area contributed by atoms with Crippen molar-refractivity contribution in [3.05, 3.63) is 101 Å². The van der Waals surface area contributed by atoms with E-state index in [2.05, 4.69) is 9.88 Å². The van der Waals surface area contributed by atoms with Gasteiger partial charge in [0.15, 0.2) is 5.78 Å². The lowest BCUT2D eigenvalue weighted by Crippen LogP contribution is -2.19. The molecular formula is C28H24FN3O2. The fourth-order valence-electron chi connectivity index (χ4n) is 4.35. The molecule has 0 saturated carbocycles. The Morgan fingerprint density at radius 3 is 2.32 bits per heavy atom. The summed E-state index contributed by atoms with van der Waals surface area (Å²) in [6.45, 7) is 1.96. The predicted molar refractivity (Wildman–Crippen MR) is 130 cm³/mol. The molecule has 0 radical (unpaired) electrons. The van der Waals surface area contributed by atoms with E-state index in [0.717, 1.165) is 42.8 Å². The summed E-state index contributed by atoms with van der Waals surface area (Å²) in [7, 11) is 0. The molecule has 1 fully saturated rings. The Morgan fingerprint density at radius 1 is 0.824 bits per heavy atom. The Labute approximate surface area is 197 Å². The second-order valence-corrected chi connectivity index (χ2v) is 8.67. The zero-order chi connectivity index (χ0) is 23.5. The molecule has 4 aromatic rings. The largest absolute Gasteiger partial charge is 0.355 e. The quantitative estimate of drug-likeness (QED) is 0.370. The molecule has 1 aromatic heterocycles. The molecule has 2 heterocycles. The number of fused-ring (bicyclic) bond motifs is 1. The summed E-state index contributed by atoms with van der Waals surface area (Å²) in [6.07, 6.45) is 4.52. The zero-order valence-electron chi connectivity index (χ0n) is 18.7. The van der Waals surface area contributed by atoms with Crippen molar-refractivity contribution >= 4 is 28.4 Å². The molecule has 0 atom stereocenters. The number of carbonyl (C=O) groups excluding carboxylic acids is 2. The molecule has 0 amide bonds. The Morgan fingerprint density at radius 2 is 1.56 bits per heavy atom. The second kappa shape index (κ2) is 9.51. The van der Waals surface area contributed by atoms with Crippen molar-refractivity contribution in [2.75, 3.05) is 18.0 Å². The van der Waals surface area contributed by atoms with E-state index >= 15 is 0 Å². The monoisotopic (exact) mass is 453 g/mol. The van der Waals surface area contributed by atoms with E-state index in [1.54, 1.807) is 54.7 Å². The van der Waals surface area contributed by atoms with Crippen LogP contribution in [-0.2, 0) is 17.6 Å². The van der Waals surface area contributed by atoms with Gasteiger partial charge in [0, 0.05) is 37.1 Å². The van der Waals surface area contributed by atoms with Crippen LogP contribution < -0.4 is 4.90 Å². The van der Waals surface area contributed by atoms with E-state index in [1.807, 2.05) is 6.07 Å². The first-order chi connectivity index (χ1) is 16.5. The predicted octanol–water partition coefficient (Wildman–Crippen LogP) is 4.95. The third-order valence-corrected chi connectivity index (χ3v) is 6.13. The fourth-order valence-corrected chi connectivity index (χ4v) is 4.35. The normalized spacial score (nSPS) is 13.4. The van der Waals surface area contributed by atoms with Crippen molar-refractivity contribution in [2.24, 2.45) is 0 Å². The molecule has 0 N–H and O–H groups in total. The Kier molecular flexibility index (Phi) is 6.12. The van der Waals surface area contributed by atoms with Gasteiger partial charge in [-0.15, -0.1) is 0 Å². The molecule has 0 unspecified atom stereocenters. The van der Waals surface area contributed by atoms with Crippen molar-refractivity contribution in [2.45, 2.75) is 25.7 Å². The van der Waals surface area contributed by atoms with Crippen LogP contribution in [0.4, 0.5) is 10.2 Å². The van der Waals surface area contributed by atoms with Gasteiger partial charge < -0.3 is 4.90 Å². The first kappa shape index (κ1) is 21.9. The summed E-state index contributed by atoms with van der Waals surface area (Å²) < 4.78 is 13.3. The number of hydrogen-bond acceptors (Lipinski definition) is 5. The standard InChI is InChI=1S/C28H24FN3O2/c29-23-5-3-4-20(14-23)16-24(33)15-19-6-8-21(9-7-19)28(34)22-10-11-25-26(17-22)31-27(18-30-25)32-12-1-2-13-32/h3-11,14,17-18H,1-2,12-13,15-16H2. The van der Waals surface area contributed by atoms with Gasteiger partial charge in [-0.1, -0.05) is 36.4 Å². The van der Waals surface area contributed by atoms with Gasteiger partial charge >= 0.3 is 0 Å². The average Bonchev–Trinajstić information content (AvgIpc) is 3.38. The summed E-state index contributed by atoms with van der Waals surface area (Å²) in [5.74, 6) is 0.390. The smallest absolute Gasteiger partial charge is 0.193 e. The third kappa shape index (κ3) is 4.86. The molecule has 6 heteroatoms. The van der Waals surface area contributed by atoms with E-state index in [0.29, 0.717) is 22.2 Å². The number of rotatable bonds is 7. The van der Waals surface area contributed by atoms with Crippen molar-refractivity contribution in [3.63, 3.8) is 0 Å². The number of anilines is 1. The summed E-state index contributed by atoms with van der Waals surface area (Å²) in [4.78, 5) is 36.9. The second-order valence-electron chi connectivity index (χ2n) is 8.67. The Hall–Kier alpha value is -3.93. The molecule has 5 nitrogen and oxygen atoms in total. The maximum Gasteiger partial charge on any atom is 0.193 e. The minimum absolute atomic E-state index is 0.00779. The van der Waals surface area contributed by atoms with Gasteiger partial charge in [0.25, 0.3) is 0 Å². The maximum atomic E-state index is 13.3. The Balaban J connectivity index is 1.29. The zero-order valence-corrected chi connectivity index (χ0v) is 18.7. The van der Waals surface area contributed by atoms with Crippen molar-refractivity contribution in [3.8, 4) is 0 Å². The van der Waals surface area contributed by atoms with Gasteiger partial charge in [-0.2, -0.15) is 0 Å². The number of aromatic nitrogens is 2. The Bertz CT molecular complexity index is 1360. The first-order valence-electron chi connectivity index (χ1n) is 11.5. The molecule has 34 heavy (non-hydrogen) atoms. The van der Waals surface area contributed by atoms with E-state index in [-0.39, 0.29) is 30.2 Å². The molecule has 1 aliphatic rings. The number of ketones is 2. The maximum absolute atomic E-state index is 13.3. The molecule has 1 aliphatic heterocycles. The highest BCUT2D eigenvalue weighted by Crippen LogP contribution is 2.22. The highest BCUT2D eigenvalue weighted by Gasteiger charge is 2.16. The van der Waals surface area contributed by atoms with Gasteiger partial charge in [0.2, 0.25) is 0 Å². The lowest BCUT2D eigenvalue weighted by molar-refractivity contribution is -0.117. The number of benzene rings is 3. The highest BCUT2D eigenvalue weighted by molar-refractivity contribution is 6.10. The van der Waals surface area contributed by atoms with Crippen LogP contribution in [0.1, 0.15) is 39.9 Å². The number of hydrogen-bond donors (Lipinski definition) is 0. The fraction of sp³-hybridized carbons (Fsp3) is 0.214. The first-order valence-corrected chi connectivity index (χ1v) is 11.5. The number of carbonyl (C=O) groups is 2. The van der Waals surface area contributed by atoms with Crippen molar-refractivity contribution in [1.82, 2.24) is 9.97 Å². The minimum atomic E-state index is -0.347. The van der Waals surface area contributed by atoms with Gasteiger partial charge in [0.05, 0.1) is 17.2 Å². The highest BCUT2D eigenvalue weighted by atomic mass is 19.1. The van der Waals surface area contributed by atoms with Crippen LogP contribution in [0.2, 0.25) is 0 Å². The van der Waals surface area contributed by atoms with Crippen LogP contribution in [0.15, 0.2) is 72.9 Å². The molecule has 5 rings (SSSR count). The average molecular weight is 454 g/mol. The van der Waals surface area contributed by atoms with E-state index in [4.69, 9.17) is 4.98 Å². The minimum Gasteiger partial charge on any atom is -0.355 e. The molecular weight excluding hydrogens is 429 g/mol. The van der Waals surface area contributed by atoms with Crippen molar-refractivity contribution in [1.29, 1.82) is 0 Å². The summed E-state index contributed by atoms with van der Waals surface area (Å²) in [5, 5.41) is 0. The molecule has 1 saturated heterocycles. The summed E-state index contributed by atoms with van der Waals surface area (Å²) in [6, 6.07) is 18.5. The number of Topliss-reactive ketones (excluding diaryl/α,β-unsaturated/α-hetero) is 1. The molecule has 0 aliphatic carbocycles. The van der Waals surface area contributed by atoms with Gasteiger partial charge in [-0.3, -0.25) is 14.6 Å². The van der Waals surface area contributed by atoms with E-state index in [9.17, 15) is 14.0 Å². The van der Waals surface area contributed by atoms with Crippen molar-refractivity contribution < 1.29 is 14.0 Å². The molecule has 3 aromatic carbocycles. The molecule has 170 valence electrons. The summed E-state index contributed by atoms with van der Waals surface area (Å²) in [5.41, 5.74) is 4.03. The number of halogens is 1. The van der Waals surface area contributed by atoms with Gasteiger partial charge in [-0.05, 0) is 54.3 Å². The SMILES string of the molecule is O=C(Cc1ccc(C(=O)c2ccc3ncc(N4CCCC4)nc3c2)cc1)Cc1cccc(F)c1. The van der Waals surface area contributed by atoms with Gasteiger partial charge in [-0.25, -0.2) is 9.37 Å². The van der Waals surface area contributed by atoms with Crippen LogP contribution >= 0.6 is 0 Å². The van der Waals surface area contributed by atoms with E-state index < -0.39 is 0 Å². The third-order valence-electron chi connectivity index (χ3n) is 6.13. The van der Waals surface area contributed by atoms with E-state index in [1.165, 1.54) is 12.1 Å². The van der Waals surface area contributed by atoms with Gasteiger partial charge in [0.1, 0.15) is 17.4 Å². The van der Waals surface area contributed by atoms with Crippen LogP contribution in [-0.4, -0.2) is 34.6 Å². The topological polar surface area (TPSA) is 63.2 Å². The van der Waals surface area contributed by atoms with Crippen LogP contribution in [0.3, 0.4) is 0 Å². The lowest BCUT2D eigenvalue weighted by Gasteiger charge is -2.16. The number of nitrogens with zero attached hydrogens (tertiary/aromatic N) is 3. The van der Waals surface area contributed by atoms with Crippen LogP contribution in [0, 0.1) is 5.82 Å². The van der Waals surface area contributed by atoms with Crippen LogP contribution in [0.5, 0.6) is 0 Å². The molecule has 0 bridgehead atoms. The van der Waals surface area contributed by atoms with Crippen LogP contribution in [0.25, 0.3) is 11.0 Å². The lowest BCUT2D eigenvalue weighted by atomic mass is 9.98.